The van der Waals surface area contributed by atoms with Gasteiger partial charge in [0.05, 0.1) is 31.8 Å². The largest absolute Gasteiger partial charge is 0.497 e. The molecular weight excluding hydrogens is 352 g/mol. The number of ether oxygens (including phenoxy) is 3. The number of hydrogen-bond donors (Lipinski definition) is 1. The van der Waals surface area contributed by atoms with Gasteiger partial charge in [0.2, 0.25) is 0 Å². The second kappa shape index (κ2) is 8.52. The maximum Gasteiger partial charge on any atom is 0.317 e. The lowest BCUT2D eigenvalue weighted by Crippen LogP contribution is -2.55. The summed E-state index contributed by atoms with van der Waals surface area (Å²) >= 11 is 0. The first-order chi connectivity index (χ1) is 12.8. The second-order valence-corrected chi connectivity index (χ2v) is 6.76. The molecule has 1 N–H and O–H groups in total. The fourth-order valence-corrected chi connectivity index (χ4v) is 3.73. The zero-order valence-corrected chi connectivity index (χ0v) is 16.1. The summed E-state index contributed by atoms with van der Waals surface area (Å²) in [6.45, 7) is 4.94. The van der Waals surface area contributed by atoms with Gasteiger partial charge >= 0.3 is 11.9 Å². The first kappa shape index (κ1) is 20.9. The van der Waals surface area contributed by atoms with E-state index in [1.165, 1.54) is 14.0 Å². The van der Waals surface area contributed by atoms with Crippen molar-refractivity contribution in [1.29, 1.82) is 0 Å². The van der Waals surface area contributed by atoms with Crippen LogP contribution in [0.2, 0.25) is 0 Å². The molecule has 148 valence electrons. The quantitative estimate of drug-likeness (QED) is 0.596. The SMILES string of the molecule is CCOC(=O)[C@H]1C(=O)C[C@](C)(O)[C@@H](C(=O)OCC)[C@H]1c1cccc(OC)c1. The number of carbonyl (C=O) groups excluding carboxylic acids is 3. The van der Waals surface area contributed by atoms with Gasteiger partial charge in [-0.25, -0.2) is 0 Å². The van der Waals surface area contributed by atoms with Gasteiger partial charge in [-0.3, -0.25) is 14.4 Å². The molecule has 0 unspecified atom stereocenters. The normalized spacial score (nSPS) is 27.7. The van der Waals surface area contributed by atoms with Gasteiger partial charge in [-0.05, 0) is 38.5 Å². The van der Waals surface area contributed by atoms with Crippen LogP contribution in [-0.4, -0.2) is 48.8 Å². The number of esters is 2. The van der Waals surface area contributed by atoms with Crippen LogP contribution in [0.25, 0.3) is 0 Å². The Balaban J connectivity index is 2.63. The Morgan fingerprint density at radius 1 is 1.19 bits per heavy atom. The molecule has 1 saturated carbocycles. The predicted octanol–water partition coefficient (Wildman–Crippen LogP) is 1.86. The van der Waals surface area contributed by atoms with E-state index in [0.717, 1.165) is 0 Å². The van der Waals surface area contributed by atoms with E-state index in [-0.39, 0.29) is 19.6 Å². The molecule has 0 aromatic heterocycles. The van der Waals surface area contributed by atoms with E-state index < -0.39 is 41.1 Å². The molecule has 1 aliphatic rings. The summed E-state index contributed by atoms with van der Waals surface area (Å²) < 4.78 is 15.5. The maximum absolute atomic E-state index is 12.7. The van der Waals surface area contributed by atoms with Gasteiger partial charge in [-0.1, -0.05) is 12.1 Å². The summed E-state index contributed by atoms with van der Waals surface area (Å²) in [5.41, 5.74) is -1.13. The molecule has 4 atom stereocenters. The molecule has 1 fully saturated rings. The minimum absolute atomic E-state index is 0.105. The second-order valence-electron chi connectivity index (χ2n) is 6.76. The molecule has 27 heavy (non-hydrogen) atoms. The first-order valence-electron chi connectivity index (χ1n) is 8.99. The van der Waals surface area contributed by atoms with Crippen LogP contribution in [0.5, 0.6) is 5.75 Å². The van der Waals surface area contributed by atoms with E-state index in [0.29, 0.717) is 11.3 Å². The summed E-state index contributed by atoms with van der Waals surface area (Å²) in [4.78, 5) is 38.0. The molecule has 0 spiro atoms. The van der Waals surface area contributed by atoms with Gasteiger partial charge in [-0.15, -0.1) is 0 Å². The van der Waals surface area contributed by atoms with E-state index in [9.17, 15) is 19.5 Å². The van der Waals surface area contributed by atoms with Crippen molar-refractivity contribution < 1.29 is 33.7 Å². The highest BCUT2D eigenvalue weighted by atomic mass is 16.5. The molecular formula is C20H26O7. The molecule has 0 aliphatic heterocycles. The highest BCUT2D eigenvalue weighted by Crippen LogP contribution is 2.47. The monoisotopic (exact) mass is 378 g/mol. The van der Waals surface area contributed by atoms with Gasteiger partial charge in [-0.2, -0.15) is 0 Å². The third-order valence-corrected chi connectivity index (χ3v) is 4.83. The van der Waals surface area contributed by atoms with Crippen LogP contribution in [0.4, 0.5) is 0 Å². The smallest absolute Gasteiger partial charge is 0.317 e. The molecule has 0 heterocycles. The van der Waals surface area contributed by atoms with Crippen molar-refractivity contribution in [2.45, 2.75) is 38.7 Å². The molecule has 0 amide bonds. The Bertz CT molecular complexity index is 710. The van der Waals surface area contributed by atoms with Crippen LogP contribution in [0.1, 0.15) is 38.7 Å². The molecule has 0 radical (unpaired) electrons. The van der Waals surface area contributed by atoms with Crippen LogP contribution in [-0.2, 0) is 23.9 Å². The number of hydrogen-bond acceptors (Lipinski definition) is 7. The lowest BCUT2D eigenvalue weighted by molar-refractivity contribution is -0.172. The topological polar surface area (TPSA) is 99.1 Å². The fourth-order valence-electron chi connectivity index (χ4n) is 3.73. The number of methoxy groups -OCH3 is 1. The predicted molar refractivity (Wildman–Crippen MR) is 96.2 cm³/mol. The van der Waals surface area contributed by atoms with Crippen molar-refractivity contribution in [1.82, 2.24) is 0 Å². The van der Waals surface area contributed by atoms with Crippen LogP contribution < -0.4 is 4.74 Å². The maximum atomic E-state index is 12.7. The van der Waals surface area contributed by atoms with Gasteiger partial charge in [0, 0.05) is 12.3 Å². The Labute approximate surface area is 158 Å². The third-order valence-electron chi connectivity index (χ3n) is 4.83. The van der Waals surface area contributed by atoms with E-state index in [1.54, 1.807) is 38.1 Å². The van der Waals surface area contributed by atoms with Gasteiger partial charge in [0.25, 0.3) is 0 Å². The average Bonchev–Trinajstić information content (AvgIpc) is 2.60. The molecule has 1 aromatic carbocycles. The fraction of sp³-hybridized carbons (Fsp3) is 0.550. The van der Waals surface area contributed by atoms with Gasteiger partial charge < -0.3 is 19.3 Å². The third kappa shape index (κ3) is 4.30. The number of rotatable bonds is 6. The van der Waals surface area contributed by atoms with E-state index >= 15 is 0 Å². The lowest BCUT2D eigenvalue weighted by atomic mass is 9.61. The number of ketones is 1. The molecule has 1 aromatic rings. The van der Waals surface area contributed by atoms with Crippen molar-refractivity contribution in [2.24, 2.45) is 11.8 Å². The standard InChI is InChI=1S/C20H26O7/c1-5-26-18(22)16-14(21)11-20(3,24)17(19(23)27-6-2)15(16)12-8-7-9-13(10-12)25-4/h7-10,15-17,24H,5-6,11H2,1-4H3/t15-,16-,17+,20-/m0/s1. The van der Waals surface area contributed by atoms with E-state index in [4.69, 9.17) is 14.2 Å². The first-order valence-corrected chi connectivity index (χ1v) is 8.99. The van der Waals surface area contributed by atoms with Crippen molar-refractivity contribution >= 4 is 17.7 Å². The Hall–Kier alpha value is -2.41. The van der Waals surface area contributed by atoms with E-state index in [2.05, 4.69) is 0 Å². The van der Waals surface area contributed by atoms with Crippen LogP contribution >= 0.6 is 0 Å². The minimum Gasteiger partial charge on any atom is -0.497 e. The van der Waals surface area contributed by atoms with Gasteiger partial charge in [0.15, 0.2) is 5.78 Å². The molecule has 0 saturated heterocycles. The number of carbonyl (C=O) groups is 3. The minimum atomic E-state index is -1.65. The summed E-state index contributed by atoms with van der Waals surface area (Å²) in [6, 6.07) is 6.76. The Morgan fingerprint density at radius 3 is 2.41 bits per heavy atom. The van der Waals surface area contributed by atoms with Crippen molar-refractivity contribution in [3.63, 3.8) is 0 Å². The molecule has 7 heteroatoms. The summed E-state index contributed by atoms with van der Waals surface area (Å²) in [7, 11) is 1.49. The summed E-state index contributed by atoms with van der Waals surface area (Å²) in [5.74, 6) is -4.54. The Kier molecular flexibility index (Phi) is 6.59. The zero-order chi connectivity index (χ0) is 20.2. The summed E-state index contributed by atoms with van der Waals surface area (Å²) in [6.07, 6.45) is -0.333. The van der Waals surface area contributed by atoms with Crippen molar-refractivity contribution in [3.05, 3.63) is 29.8 Å². The Morgan fingerprint density at radius 2 is 1.81 bits per heavy atom. The highest BCUT2D eigenvalue weighted by Gasteiger charge is 2.57. The summed E-state index contributed by atoms with van der Waals surface area (Å²) in [5, 5.41) is 10.9. The molecule has 0 bridgehead atoms. The molecule has 2 rings (SSSR count). The van der Waals surface area contributed by atoms with Crippen LogP contribution in [0.15, 0.2) is 24.3 Å². The van der Waals surface area contributed by atoms with E-state index in [1.807, 2.05) is 0 Å². The lowest BCUT2D eigenvalue weighted by Gasteiger charge is -2.43. The zero-order valence-electron chi connectivity index (χ0n) is 16.1. The molecule has 1 aliphatic carbocycles. The van der Waals surface area contributed by atoms with Crippen LogP contribution in [0, 0.1) is 11.8 Å². The number of benzene rings is 1. The van der Waals surface area contributed by atoms with Gasteiger partial charge in [0.1, 0.15) is 11.7 Å². The average molecular weight is 378 g/mol. The van der Waals surface area contributed by atoms with Crippen LogP contribution in [0.3, 0.4) is 0 Å². The van der Waals surface area contributed by atoms with Crippen molar-refractivity contribution in [3.8, 4) is 5.75 Å². The van der Waals surface area contributed by atoms with Crippen molar-refractivity contribution in [2.75, 3.05) is 20.3 Å². The number of Topliss-reactive ketones (excluding diaryl/α,β-unsaturated/α-hetero) is 1. The highest BCUT2D eigenvalue weighted by molar-refractivity contribution is 6.02. The molecule has 7 nitrogen and oxygen atoms in total. The number of aliphatic hydroxyl groups is 1.